The number of nitrogens with zero attached hydrogens (tertiary/aromatic N) is 1. The van der Waals surface area contributed by atoms with E-state index in [-0.39, 0.29) is 17.0 Å². The highest BCUT2D eigenvalue weighted by molar-refractivity contribution is 6.32. The largest absolute Gasteiger partial charge is 0.574 e. The molecule has 0 aliphatic carbocycles. The lowest BCUT2D eigenvalue weighted by atomic mass is 10.4. The molecule has 1 heterocycles. The first-order valence-electron chi connectivity index (χ1n) is 3.30. The molecule has 0 amide bonds. The van der Waals surface area contributed by atoms with Gasteiger partial charge in [0.05, 0.1) is 5.02 Å². The van der Waals surface area contributed by atoms with Gasteiger partial charge in [0.25, 0.3) is 0 Å². The molecule has 3 nitrogen and oxygen atoms in total. The van der Waals surface area contributed by atoms with Crippen molar-refractivity contribution in [3.05, 3.63) is 22.8 Å². The molecule has 14 heavy (non-hydrogen) atoms. The molecule has 0 saturated carbocycles. The minimum Gasteiger partial charge on any atom is -0.388 e. The first-order valence-corrected chi connectivity index (χ1v) is 3.67. The van der Waals surface area contributed by atoms with Gasteiger partial charge in [-0.05, 0) is 6.07 Å². The van der Waals surface area contributed by atoms with Crippen LogP contribution in [0.4, 0.5) is 13.2 Å². The fraction of sp³-hybridized carbons (Fsp3) is 0.143. The summed E-state index contributed by atoms with van der Waals surface area (Å²) in [6, 6.07) is 2.02. The van der Waals surface area contributed by atoms with Crippen LogP contribution in [0.3, 0.4) is 0 Å². The van der Waals surface area contributed by atoms with E-state index in [9.17, 15) is 18.0 Å². The minimum absolute atomic E-state index is 0.0328. The summed E-state index contributed by atoms with van der Waals surface area (Å²) < 4.78 is 38.6. The Labute approximate surface area is 81.5 Å². The van der Waals surface area contributed by atoms with E-state index in [4.69, 9.17) is 11.6 Å². The van der Waals surface area contributed by atoms with Crippen LogP contribution in [0.15, 0.2) is 12.1 Å². The van der Waals surface area contributed by atoms with Gasteiger partial charge in [-0.2, -0.15) is 0 Å². The first-order chi connectivity index (χ1) is 6.42. The molecule has 0 atom stereocenters. The third-order valence-electron chi connectivity index (χ3n) is 1.18. The average molecular weight is 226 g/mol. The molecule has 76 valence electrons. The summed E-state index contributed by atoms with van der Waals surface area (Å²) in [5.74, 6) is -0.719. The number of ether oxygens (including phenoxy) is 1. The lowest BCUT2D eigenvalue weighted by Crippen LogP contribution is -2.18. The summed E-state index contributed by atoms with van der Waals surface area (Å²) in [6.45, 7) is 0. The smallest absolute Gasteiger partial charge is 0.388 e. The molecule has 0 radical (unpaired) electrons. The van der Waals surface area contributed by atoms with Crippen molar-refractivity contribution in [2.45, 2.75) is 6.36 Å². The van der Waals surface area contributed by atoms with Gasteiger partial charge in [-0.25, -0.2) is 4.98 Å². The molecule has 0 aromatic carbocycles. The van der Waals surface area contributed by atoms with E-state index in [2.05, 4.69) is 9.72 Å². The molecular weight excluding hydrogens is 223 g/mol. The van der Waals surface area contributed by atoms with E-state index < -0.39 is 12.2 Å². The molecule has 1 rings (SSSR count). The van der Waals surface area contributed by atoms with Crippen LogP contribution in [0.5, 0.6) is 5.88 Å². The Balaban J connectivity index is 2.95. The van der Waals surface area contributed by atoms with E-state index in [1.165, 1.54) is 0 Å². The number of alkyl halides is 3. The highest BCUT2D eigenvalue weighted by atomic mass is 35.5. The van der Waals surface area contributed by atoms with Crippen molar-refractivity contribution in [3.8, 4) is 5.88 Å². The molecule has 0 fully saturated rings. The molecule has 0 aliphatic heterocycles. The average Bonchev–Trinajstić information content (AvgIpc) is 2.06. The number of carbonyl (C=O) groups is 1. The molecule has 1 aromatic heterocycles. The van der Waals surface area contributed by atoms with Crippen molar-refractivity contribution < 1.29 is 22.7 Å². The van der Waals surface area contributed by atoms with Crippen LogP contribution < -0.4 is 4.74 Å². The summed E-state index contributed by atoms with van der Waals surface area (Å²) in [7, 11) is 0. The highest BCUT2D eigenvalue weighted by Gasteiger charge is 2.31. The molecule has 0 bridgehead atoms. The van der Waals surface area contributed by atoms with Crippen molar-refractivity contribution in [1.82, 2.24) is 4.98 Å². The third kappa shape index (κ3) is 2.88. The van der Waals surface area contributed by atoms with Crippen LogP contribution in [0.1, 0.15) is 10.5 Å². The number of halogens is 4. The summed E-state index contributed by atoms with van der Waals surface area (Å²) in [6.07, 6.45) is -4.59. The number of rotatable bonds is 2. The number of hydrogen-bond donors (Lipinski definition) is 0. The van der Waals surface area contributed by atoms with E-state index in [0.29, 0.717) is 0 Å². The van der Waals surface area contributed by atoms with Crippen molar-refractivity contribution >= 4 is 17.9 Å². The minimum atomic E-state index is -4.83. The number of carbonyl (C=O) groups excluding carboxylic acids is 1. The second-order valence-electron chi connectivity index (χ2n) is 2.18. The van der Waals surface area contributed by atoms with Crippen LogP contribution in [-0.2, 0) is 0 Å². The van der Waals surface area contributed by atoms with Gasteiger partial charge >= 0.3 is 6.36 Å². The van der Waals surface area contributed by atoms with Crippen LogP contribution in [-0.4, -0.2) is 17.6 Å². The second kappa shape index (κ2) is 3.83. The predicted octanol–water partition coefficient (Wildman–Crippen LogP) is 2.45. The molecule has 0 aliphatic rings. The SMILES string of the molecule is O=Cc1nc(OC(F)(F)F)ccc1Cl. The Morgan fingerprint density at radius 3 is 2.57 bits per heavy atom. The van der Waals surface area contributed by atoms with Crippen LogP contribution in [0.25, 0.3) is 0 Å². The van der Waals surface area contributed by atoms with Crippen molar-refractivity contribution in [3.63, 3.8) is 0 Å². The van der Waals surface area contributed by atoms with Gasteiger partial charge in [0.2, 0.25) is 5.88 Å². The Kier molecular flexibility index (Phi) is 2.95. The molecule has 0 saturated heterocycles. The number of pyridine rings is 1. The van der Waals surface area contributed by atoms with Crippen LogP contribution >= 0.6 is 11.6 Å². The summed E-state index contributed by atoms with van der Waals surface area (Å²) >= 11 is 5.44. The quantitative estimate of drug-likeness (QED) is 0.726. The van der Waals surface area contributed by atoms with Crippen LogP contribution in [0.2, 0.25) is 5.02 Å². The van der Waals surface area contributed by atoms with Crippen molar-refractivity contribution in [2.24, 2.45) is 0 Å². The normalized spacial score (nSPS) is 11.1. The van der Waals surface area contributed by atoms with Gasteiger partial charge < -0.3 is 4.74 Å². The summed E-state index contributed by atoms with van der Waals surface area (Å²) in [5.41, 5.74) is -0.298. The van der Waals surface area contributed by atoms with Gasteiger partial charge in [-0.1, -0.05) is 11.6 Å². The van der Waals surface area contributed by atoms with Gasteiger partial charge in [-0.3, -0.25) is 4.79 Å². The van der Waals surface area contributed by atoms with Gasteiger partial charge in [0, 0.05) is 6.07 Å². The van der Waals surface area contributed by atoms with E-state index in [0.717, 1.165) is 12.1 Å². The highest BCUT2D eigenvalue weighted by Crippen LogP contribution is 2.23. The number of aromatic nitrogens is 1. The fourth-order valence-corrected chi connectivity index (χ4v) is 0.847. The monoisotopic (exact) mass is 225 g/mol. The molecule has 7 heteroatoms. The molecule has 0 spiro atoms. The Morgan fingerprint density at radius 2 is 2.07 bits per heavy atom. The zero-order valence-corrected chi connectivity index (χ0v) is 7.26. The first kappa shape index (κ1) is 10.8. The standard InChI is InChI=1S/C7H3ClF3NO2/c8-4-1-2-6(12-5(4)3-13)14-7(9,10)11/h1-3H. The van der Waals surface area contributed by atoms with Gasteiger partial charge in [0.15, 0.2) is 6.29 Å². The topological polar surface area (TPSA) is 39.2 Å². The maximum absolute atomic E-state index is 11.7. The van der Waals surface area contributed by atoms with E-state index in [1.807, 2.05) is 0 Å². The lowest BCUT2D eigenvalue weighted by Gasteiger charge is -2.07. The predicted molar refractivity (Wildman–Crippen MR) is 41.3 cm³/mol. The van der Waals surface area contributed by atoms with Gasteiger partial charge in [-0.15, -0.1) is 13.2 Å². The third-order valence-corrected chi connectivity index (χ3v) is 1.50. The molecule has 0 unspecified atom stereocenters. The molecular formula is C7H3ClF3NO2. The van der Waals surface area contributed by atoms with E-state index >= 15 is 0 Å². The fourth-order valence-electron chi connectivity index (χ4n) is 0.697. The van der Waals surface area contributed by atoms with E-state index in [1.54, 1.807) is 0 Å². The van der Waals surface area contributed by atoms with Crippen molar-refractivity contribution in [1.29, 1.82) is 0 Å². The lowest BCUT2D eigenvalue weighted by molar-refractivity contribution is -0.276. The summed E-state index contributed by atoms with van der Waals surface area (Å²) in [5, 5.41) is -0.0328. The number of hydrogen-bond acceptors (Lipinski definition) is 3. The van der Waals surface area contributed by atoms with Crippen LogP contribution in [0, 0.1) is 0 Å². The maximum atomic E-state index is 11.7. The maximum Gasteiger partial charge on any atom is 0.574 e. The molecule has 0 N–H and O–H groups in total. The van der Waals surface area contributed by atoms with Crippen molar-refractivity contribution in [2.75, 3.05) is 0 Å². The van der Waals surface area contributed by atoms with Gasteiger partial charge in [0.1, 0.15) is 5.69 Å². The number of aldehydes is 1. The zero-order chi connectivity index (χ0) is 10.8. The Bertz CT molecular complexity index is 353. The Hall–Kier alpha value is -1.30. The second-order valence-corrected chi connectivity index (χ2v) is 2.59. The summed E-state index contributed by atoms with van der Waals surface area (Å²) in [4.78, 5) is 13.5. The zero-order valence-electron chi connectivity index (χ0n) is 6.51. The Morgan fingerprint density at radius 1 is 1.43 bits per heavy atom. The molecule has 1 aromatic rings.